The summed E-state index contributed by atoms with van der Waals surface area (Å²) in [6, 6.07) is 19.3. The zero-order chi connectivity index (χ0) is 26.8. The smallest absolute Gasteiger partial charge is 0.303 e. The van der Waals surface area contributed by atoms with Crippen molar-refractivity contribution in [3.63, 3.8) is 0 Å². The molecule has 0 unspecified atom stereocenters. The molecule has 1 N–H and O–H groups in total. The van der Waals surface area contributed by atoms with Gasteiger partial charge in [-0.1, -0.05) is 24.3 Å². The lowest BCUT2D eigenvalue weighted by atomic mass is 10.0. The first-order chi connectivity index (χ1) is 17.8. The van der Waals surface area contributed by atoms with Crippen LogP contribution in [0.2, 0.25) is 0 Å². The monoisotopic (exact) mass is 507 g/mol. The number of rotatable bonds is 13. The summed E-state index contributed by atoms with van der Waals surface area (Å²) >= 11 is 0. The highest BCUT2D eigenvalue weighted by Gasteiger charge is 2.19. The van der Waals surface area contributed by atoms with Gasteiger partial charge in [0.25, 0.3) is 5.91 Å². The van der Waals surface area contributed by atoms with Crippen molar-refractivity contribution < 1.29 is 28.6 Å². The maximum atomic E-state index is 13.9. The Morgan fingerprint density at radius 2 is 1.68 bits per heavy atom. The molecule has 196 valence electrons. The number of benzene rings is 3. The van der Waals surface area contributed by atoms with Crippen LogP contribution in [0.3, 0.4) is 0 Å². The van der Waals surface area contributed by atoms with Crippen LogP contribution in [0.4, 0.5) is 4.39 Å². The normalized spacial score (nSPS) is 10.8. The Kier molecular flexibility index (Phi) is 10.1. The largest absolute Gasteiger partial charge is 0.497 e. The van der Waals surface area contributed by atoms with Gasteiger partial charge in [0.05, 0.1) is 13.7 Å². The van der Waals surface area contributed by atoms with Crippen molar-refractivity contribution in [2.45, 2.75) is 52.1 Å². The maximum absolute atomic E-state index is 13.9. The maximum Gasteiger partial charge on any atom is 0.303 e. The minimum atomic E-state index is -0.777. The molecule has 3 rings (SSSR count). The first kappa shape index (κ1) is 27.7. The van der Waals surface area contributed by atoms with Gasteiger partial charge in [0, 0.05) is 30.6 Å². The molecule has 7 heteroatoms. The van der Waals surface area contributed by atoms with E-state index in [1.807, 2.05) is 50.2 Å². The summed E-state index contributed by atoms with van der Waals surface area (Å²) in [6.45, 7) is 4.89. The number of carbonyl (C=O) groups excluding carboxylic acids is 1. The molecule has 3 aromatic rings. The number of amides is 1. The molecular formula is C30H34FNO5. The number of methoxy groups -OCH3 is 1. The molecule has 0 aromatic heterocycles. The number of carboxylic acids is 1. The summed E-state index contributed by atoms with van der Waals surface area (Å²) < 4.78 is 24.9. The van der Waals surface area contributed by atoms with E-state index < -0.39 is 5.97 Å². The summed E-state index contributed by atoms with van der Waals surface area (Å²) in [7, 11) is 1.49. The molecule has 0 radical (unpaired) electrons. The highest BCUT2D eigenvalue weighted by Crippen LogP contribution is 2.26. The van der Waals surface area contributed by atoms with E-state index in [2.05, 4.69) is 0 Å². The molecular weight excluding hydrogens is 473 g/mol. The van der Waals surface area contributed by atoms with Gasteiger partial charge in [0.15, 0.2) is 0 Å². The highest BCUT2D eigenvalue weighted by molar-refractivity contribution is 5.95. The van der Waals surface area contributed by atoms with Crippen LogP contribution in [0.1, 0.15) is 55.5 Å². The number of aliphatic carboxylic acids is 1. The van der Waals surface area contributed by atoms with Gasteiger partial charge in [-0.05, 0) is 86.2 Å². The molecule has 0 aliphatic rings. The number of unbranched alkanes of at least 4 members (excludes halogenated alkanes) is 2. The van der Waals surface area contributed by atoms with Crippen molar-refractivity contribution in [3.05, 3.63) is 83.7 Å². The van der Waals surface area contributed by atoms with E-state index in [4.69, 9.17) is 14.6 Å². The third-order valence-electron chi connectivity index (χ3n) is 6.01. The summed E-state index contributed by atoms with van der Waals surface area (Å²) in [5.74, 6) is -0.0960. The Morgan fingerprint density at radius 1 is 0.919 bits per heavy atom. The Morgan fingerprint density at radius 3 is 2.35 bits per heavy atom. The number of carboxylic acid groups (broad SMARTS) is 1. The predicted octanol–water partition coefficient (Wildman–Crippen LogP) is 6.58. The van der Waals surface area contributed by atoms with Gasteiger partial charge < -0.3 is 19.5 Å². The van der Waals surface area contributed by atoms with Crippen LogP contribution in [0, 0.1) is 5.82 Å². The molecule has 0 aliphatic carbocycles. The van der Waals surface area contributed by atoms with E-state index in [1.165, 1.54) is 19.2 Å². The molecule has 37 heavy (non-hydrogen) atoms. The molecule has 0 bridgehead atoms. The average molecular weight is 508 g/mol. The average Bonchev–Trinajstić information content (AvgIpc) is 2.88. The number of ether oxygens (including phenoxy) is 2. The predicted molar refractivity (Wildman–Crippen MR) is 141 cm³/mol. The Labute approximate surface area is 217 Å². The molecule has 3 aromatic carbocycles. The minimum Gasteiger partial charge on any atom is -0.497 e. The van der Waals surface area contributed by atoms with Crippen LogP contribution in [0.5, 0.6) is 11.5 Å². The lowest BCUT2D eigenvalue weighted by Gasteiger charge is -2.27. The van der Waals surface area contributed by atoms with Crippen molar-refractivity contribution in [1.82, 2.24) is 4.90 Å². The summed E-state index contributed by atoms with van der Waals surface area (Å²) in [4.78, 5) is 25.8. The second kappa shape index (κ2) is 13.4. The van der Waals surface area contributed by atoms with Gasteiger partial charge in [-0.25, -0.2) is 4.39 Å². The fourth-order valence-electron chi connectivity index (χ4n) is 3.98. The quantitative estimate of drug-likeness (QED) is 0.265. The Bertz CT molecular complexity index is 1190. The molecule has 0 spiro atoms. The van der Waals surface area contributed by atoms with E-state index in [0.717, 1.165) is 29.7 Å². The highest BCUT2D eigenvalue weighted by atomic mass is 19.1. The van der Waals surface area contributed by atoms with Crippen molar-refractivity contribution in [1.29, 1.82) is 0 Å². The van der Waals surface area contributed by atoms with Crippen LogP contribution >= 0.6 is 0 Å². The first-order valence-corrected chi connectivity index (χ1v) is 12.5. The minimum absolute atomic E-state index is 0.0292. The molecule has 0 heterocycles. The molecule has 0 aliphatic heterocycles. The van der Waals surface area contributed by atoms with Crippen LogP contribution < -0.4 is 9.47 Å². The fourth-order valence-corrected chi connectivity index (χ4v) is 3.98. The van der Waals surface area contributed by atoms with Gasteiger partial charge in [0.2, 0.25) is 0 Å². The molecule has 0 atom stereocenters. The van der Waals surface area contributed by atoms with Crippen molar-refractivity contribution in [2.24, 2.45) is 0 Å². The third kappa shape index (κ3) is 8.34. The van der Waals surface area contributed by atoms with E-state index in [1.54, 1.807) is 23.1 Å². The van der Waals surface area contributed by atoms with Crippen molar-refractivity contribution >= 4 is 11.9 Å². The summed E-state index contributed by atoms with van der Waals surface area (Å²) in [5.41, 5.74) is 2.97. The Balaban J connectivity index is 1.65. The van der Waals surface area contributed by atoms with Crippen LogP contribution in [-0.2, 0) is 11.3 Å². The van der Waals surface area contributed by atoms with Gasteiger partial charge >= 0.3 is 5.97 Å². The van der Waals surface area contributed by atoms with E-state index in [9.17, 15) is 14.0 Å². The molecule has 0 saturated carbocycles. The van der Waals surface area contributed by atoms with Gasteiger partial charge in [-0.2, -0.15) is 0 Å². The number of carbonyl (C=O) groups is 2. The number of nitrogens with zero attached hydrogens (tertiary/aromatic N) is 1. The standard InChI is InChI=1S/C30H34FNO5/c1-21(2)32(20-22-8-7-9-27(16-22)37-15-6-4-5-10-29(33)34)30(35)24-13-11-23(12-14-24)25-17-26(31)19-28(18-25)36-3/h7-9,11-14,16-19,21H,4-6,10,15,20H2,1-3H3,(H,33,34). The molecule has 1 amide bonds. The number of hydrogen-bond acceptors (Lipinski definition) is 4. The number of halogens is 1. The summed E-state index contributed by atoms with van der Waals surface area (Å²) in [6.07, 6.45) is 2.40. The second-order valence-corrected chi connectivity index (χ2v) is 9.18. The zero-order valence-electron chi connectivity index (χ0n) is 21.6. The van der Waals surface area contributed by atoms with Crippen LogP contribution in [-0.4, -0.2) is 41.6 Å². The molecule has 0 fully saturated rings. The molecule has 0 saturated heterocycles. The van der Waals surface area contributed by atoms with Crippen molar-refractivity contribution in [3.8, 4) is 22.6 Å². The van der Waals surface area contributed by atoms with Crippen molar-refractivity contribution in [2.75, 3.05) is 13.7 Å². The topological polar surface area (TPSA) is 76.1 Å². The van der Waals surface area contributed by atoms with Crippen LogP contribution in [0.25, 0.3) is 11.1 Å². The van der Waals surface area contributed by atoms with Gasteiger partial charge in [-0.15, -0.1) is 0 Å². The van der Waals surface area contributed by atoms with E-state index in [-0.39, 0.29) is 24.2 Å². The lowest BCUT2D eigenvalue weighted by Crippen LogP contribution is -2.36. The van der Waals surface area contributed by atoms with Gasteiger partial charge in [0.1, 0.15) is 17.3 Å². The third-order valence-corrected chi connectivity index (χ3v) is 6.01. The SMILES string of the molecule is COc1cc(F)cc(-c2ccc(C(=O)N(Cc3cccc(OCCCCCC(=O)O)c3)C(C)C)cc2)c1. The van der Waals surface area contributed by atoms with Gasteiger partial charge in [-0.3, -0.25) is 9.59 Å². The fraction of sp³-hybridized carbons (Fsp3) is 0.333. The summed E-state index contributed by atoms with van der Waals surface area (Å²) in [5, 5.41) is 8.71. The second-order valence-electron chi connectivity index (χ2n) is 9.18. The Hall–Kier alpha value is -3.87. The molecule has 6 nitrogen and oxygen atoms in total. The zero-order valence-corrected chi connectivity index (χ0v) is 21.6. The lowest BCUT2D eigenvalue weighted by molar-refractivity contribution is -0.137. The number of hydrogen-bond donors (Lipinski definition) is 1. The first-order valence-electron chi connectivity index (χ1n) is 12.5. The van der Waals surface area contributed by atoms with E-state index >= 15 is 0 Å². The van der Waals surface area contributed by atoms with Crippen LogP contribution in [0.15, 0.2) is 66.7 Å². The van der Waals surface area contributed by atoms with E-state index in [0.29, 0.717) is 36.4 Å².